The van der Waals surface area contributed by atoms with Gasteiger partial charge in [-0.1, -0.05) is 48.5 Å². The van der Waals surface area contributed by atoms with Crippen LogP contribution in [-0.4, -0.2) is 176 Å². The molecule has 0 aromatic heterocycles. The molecular weight excluding hydrogens is 1360 g/mol. The summed E-state index contributed by atoms with van der Waals surface area (Å²) in [7, 11) is 2.57. The number of esters is 13. The molecule has 28 heteroatoms. The molecule has 15 fully saturated rings. The van der Waals surface area contributed by atoms with Crippen LogP contribution in [0, 0.1) is 104 Å². The largest absolute Gasteiger partial charge is 0.469 e. The Kier molecular flexibility index (Phi) is 20.8. The topological polar surface area (TPSA) is 360 Å². The van der Waals surface area contributed by atoms with Crippen molar-refractivity contribution >= 4 is 77.6 Å². The molecule has 9 saturated heterocycles. The Labute approximate surface area is 606 Å². The third kappa shape index (κ3) is 13.1. The minimum atomic E-state index is -0.963. The lowest BCUT2D eigenvalue weighted by Gasteiger charge is -2.36. The zero-order valence-corrected chi connectivity index (χ0v) is 63.4. The fourth-order valence-electron chi connectivity index (χ4n) is 18.1. The number of methoxy groups -OCH3 is 2. The van der Waals surface area contributed by atoms with Crippen LogP contribution in [0.5, 0.6) is 0 Å². The van der Waals surface area contributed by atoms with E-state index in [2.05, 4.69) is 0 Å². The van der Waals surface area contributed by atoms with E-state index in [1.165, 1.54) is 14.2 Å². The number of fused-ring (bicyclic) bond motifs is 5. The Bertz CT molecular complexity index is 3310. The van der Waals surface area contributed by atoms with E-state index >= 15 is 0 Å². The van der Waals surface area contributed by atoms with Crippen molar-refractivity contribution in [3.8, 4) is 0 Å². The van der Waals surface area contributed by atoms with Crippen LogP contribution in [-0.2, 0) is 133 Å². The minimum absolute atomic E-state index is 0.0378. The van der Waals surface area contributed by atoms with Gasteiger partial charge >= 0.3 is 77.6 Å². The van der Waals surface area contributed by atoms with E-state index in [9.17, 15) is 62.3 Å². The molecule has 28 nitrogen and oxygen atoms in total. The number of rotatable bonds is 19. The van der Waals surface area contributed by atoms with Crippen LogP contribution in [0.3, 0.4) is 0 Å². The monoisotopic (exact) mass is 1470 g/mol. The van der Waals surface area contributed by atoms with Crippen molar-refractivity contribution in [2.24, 2.45) is 104 Å². The molecule has 9 heterocycles. The van der Waals surface area contributed by atoms with Gasteiger partial charge in [-0.25, -0.2) is 4.79 Å². The van der Waals surface area contributed by atoms with E-state index in [1.54, 1.807) is 27.7 Å². The average molecular weight is 1470 g/mol. The summed E-state index contributed by atoms with van der Waals surface area (Å²) in [4.78, 5) is 156. The highest BCUT2D eigenvalue weighted by Crippen LogP contribution is 2.64. The van der Waals surface area contributed by atoms with Crippen molar-refractivity contribution in [3.05, 3.63) is 0 Å². The molecule has 0 amide bonds. The third-order valence-corrected chi connectivity index (χ3v) is 26.9. The van der Waals surface area contributed by atoms with Gasteiger partial charge in [0, 0.05) is 55.3 Å². The first kappa shape index (κ1) is 78.1. The van der Waals surface area contributed by atoms with E-state index in [0.717, 1.165) is 12.8 Å². The SMILES string of the molecule is CCC(C)(C)C(=O)OC12CC3C(=O)OC(C3C1)C2C.CCC(C)(C)C(=O)OC12CC3C(=O)OC(C3O1)C2C.CCC(C)(C)C(=O)OC1C2CC3C1OC(=O)C3C2C(=O)OC.CCC(C)(C)C(=O)OC1C2OC(=O)C3C2OC1C3C(=O)OC.CCC(C)(C)C(=O)OCC(=O)OC12CC3OC(=O)C(C1)C3C2. The maximum absolute atomic E-state index is 12.4. The highest BCUT2D eigenvalue weighted by Gasteiger charge is 2.75. The van der Waals surface area contributed by atoms with Gasteiger partial charge in [0.05, 0.1) is 76.8 Å². The van der Waals surface area contributed by atoms with E-state index in [0.29, 0.717) is 64.2 Å². The van der Waals surface area contributed by atoms with Crippen LogP contribution >= 0.6 is 0 Å². The summed E-state index contributed by atoms with van der Waals surface area (Å²) in [5.74, 6) is -7.90. The van der Waals surface area contributed by atoms with Crippen LogP contribution < -0.4 is 0 Å². The molecule has 0 radical (unpaired) electrons. The molecule has 15 rings (SSSR count). The number of carbonyl (C=O) groups excluding carboxylic acids is 13. The number of carbonyl (C=O) groups is 13. The fourth-order valence-corrected chi connectivity index (χ4v) is 18.1. The summed E-state index contributed by atoms with van der Waals surface area (Å²) in [6.45, 7) is 31.5. The zero-order chi connectivity index (χ0) is 76.6. The Morgan fingerprint density at radius 3 is 1.48 bits per heavy atom. The molecule has 15 aliphatic rings. The van der Waals surface area contributed by atoms with Crippen LogP contribution in [0.1, 0.15) is 195 Å². The molecular formula is C76H106O28. The van der Waals surface area contributed by atoms with E-state index in [1.807, 2.05) is 90.0 Å². The minimum Gasteiger partial charge on any atom is -0.469 e. The Morgan fingerprint density at radius 1 is 0.423 bits per heavy atom. The first-order chi connectivity index (χ1) is 48.5. The second-order valence-electron chi connectivity index (χ2n) is 34.7. The Hall–Kier alpha value is -6.97. The van der Waals surface area contributed by atoms with Crippen LogP contribution in [0.15, 0.2) is 0 Å². The van der Waals surface area contributed by atoms with Crippen molar-refractivity contribution in [2.45, 2.75) is 273 Å². The lowest BCUT2D eigenvalue weighted by Crippen LogP contribution is -2.49. The second kappa shape index (κ2) is 27.7. The van der Waals surface area contributed by atoms with Gasteiger partial charge in [0.15, 0.2) is 18.8 Å². The van der Waals surface area contributed by atoms with Crippen LogP contribution in [0.4, 0.5) is 0 Å². The Morgan fingerprint density at radius 2 is 0.923 bits per heavy atom. The van der Waals surface area contributed by atoms with Gasteiger partial charge in [-0.15, -0.1) is 0 Å². The van der Waals surface area contributed by atoms with E-state index in [-0.39, 0.29) is 132 Å². The first-order valence-electron chi connectivity index (χ1n) is 37.3. The summed E-state index contributed by atoms with van der Waals surface area (Å²) in [6, 6.07) is 0. The van der Waals surface area contributed by atoms with Gasteiger partial charge in [0.2, 0.25) is 5.79 Å². The van der Waals surface area contributed by atoms with Crippen molar-refractivity contribution in [1.29, 1.82) is 0 Å². The van der Waals surface area contributed by atoms with Crippen molar-refractivity contribution < 1.29 is 133 Å². The number of hydrogen-bond donors (Lipinski definition) is 0. The standard InChI is InChI=1S/2C16H22O6.C15H20O7.C15H22O4.C14H20O5/c1-5-16(2,3)15(19)22-12-7-6-8-10(9(7)13(17)20-4)14(18)21-11(8)12;1-4-15(2,3)14(19)20-8-12(17)22-16-5-9-10(6-16)13(18)21-11(9)7-16;1-5-15(2,3)14(18)22-11-8-6(12(16)19-4)7-9(20-8)10(11)21-13(7)17;1-5-14(3,4)13(17)19-15-6-9-10(7-15)12(16)18-11(9)8(15)2;1-5-13(3,4)12(16)19-14-6-8-10(18-14)9(7(14)2)17-11(8)15/h7-12H,5-6H2,1-4H3;9-11H,4-8H2,1-3H3;6-11H,5H2,1-4H3;8-11H,5-7H2,1-4H3;7-10H,5-6H2,1-4H3. The first-order valence-corrected chi connectivity index (χ1v) is 37.3. The average Bonchev–Trinajstić information content (AvgIpc) is 1.57. The number of ether oxygens (including phenoxy) is 15. The summed E-state index contributed by atoms with van der Waals surface area (Å²) in [6.07, 6.45) is 3.49. The molecule has 6 aliphatic carbocycles. The van der Waals surface area contributed by atoms with E-state index < -0.39 is 134 Å². The van der Waals surface area contributed by atoms with Crippen LogP contribution in [0.25, 0.3) is 0 Å². The van der Waals surface area contributed by atoms with Gasteiger partial charge < -0.3 is 71.1 Å². The lowest BCUT2D eigenvalue weighted by atomic mass is 9.78. The molecule has 26 unspecified atom stereocenters. The normalized spacial score (nSPS) is 39.8. The van der Waals surface area contributed by atoms with Gasteiger partial charge in [-0.2, -0.15) is 0 Å². The zero-order valence-electron chi connectivity index (χ0n) is 63.4. The molecule has 104 heavy (non-hydrogen) atoms. The lowest BCUT2D eigenvalue weighted by molar-refractivity contribution is -0.226. The Balaban J connectivity index is 0.000000130. The quantitative estimate of drug-likeness (QED) is 0.0903. The molecule has 6 saturated carbocycles. The molecule has 578 valence electrons. The molecule has 0 aromatic rings. The molecule has 0 N–H and O–H groups in total. The molecule has 0 aromatic carbocycles. The highest BCUT2D eigenvalue weighted by molar-refractivity contribution is 5.88. The fraction of sp³-hybridized carbons (Fsp3) is 0.829. The molecule has 10 bridgehead atoms. The smallest absolute Gasteiger partial charge is 0.344 e. The predicted octanol–water partition coefficient (Wildman–Crippen LogP) is 7.31. The van der Waals surface area contributed by atoms with Gasteiger partial charge in [0.1, 0.15) is 71.9 Å². The van der Waals surface area contributed by atoms with Crippen LogP contribution in [0.2, 0.25) is 0 Å². The number of hydrogen-bond acceptors (Lipinski definition) is 28. The van der Waals surface area contributed by atoms with Gasteiger partial charge in [0.25, 0.3) is 0 Å². The van der Waals surface area contributed by atoms with Crippen molar-refractivity contribution in [1.82, 2.24) is 0 Å². The van der Waals surface area contributed by atoms with Gasteiger partial charge in [-0.3, -0.25) is 57.5 Å². The second-order valence-corrected chi connectivity index (χ2v) is 34.7. The molecule has 0 spiro atoms. The molecule has 9 aliphatic heterocycles. The van der Waals surface area contributed by atoms with Crippen molar-refractivity contribution in [2.75, 3.05) is 20.8 Å². The maximum atomic E-state index is 12.4. The van der Waals surface area contributed by atoms with E-state index in [4.69, 9.17) is 71.1 Å². The van der Waals surface area contributed by atoms with Gasteiger partial charge in [-0.05, 0) is 121 Å². The van der Waals surface area contributed by atoms with Crippen molar-refractivity contribution in [3.63, 3.8) is 0 Å². The maximum Gasteiger partial charge on any atom is 0.344 e. The third-order valence-electron chi connectivity index (χ3n) is 26.9. The summed E-state index contributed by atoms with van der Waals surface area (Å²) in [5, 5.41) is 0. The summed E-state index contributed by atoms with van der Waals surface area (Å²) >= 11 is 0. The summed E-state index contributed by atoms with van der Waals surface area (Å²) in [5.41, 5.74) is -3.91. The predicted molar refractivity (Wildman–Crippen MR) is 354 cm³/mol. The highest BCUT2D eigenvalue weighted by atomic mass is 16.8. The molecule has 26 atom stereocenters. The summed E-state index contributed by atoms with van der Waals surface area (Å²) < 4.78 is 81.3.